The minimum absolute atomic E-state index is 0.317. The average molecular weight is 270 g/mol. The van der Waals surface area contributed by atoms with Gasteiger partial charge in [-0.25, -0.2) is 0 Å². The maximum atomic E-state index is 11.8. The number of carboxylic acids is 1. The standard InChI is InChI=1S/C12H12ClNO4/c1-18-10-3-2-6(13)4-9(10)14-11(15)7-5-8(7)12(16)17/h2-4,7-8H,5H2,1H3,(H,14,15)(H,16,17)/t7-,8+/m1/s1. The molecule has 5 nitrogen and oxygen atoms in total. The molecule has 1 aromatic carbocycles. The smallest absolute Gasteiger partial charge is 0.307 e. The second-order valence-corrected chi connectivity index (χ2v) is 4.56. The molecular weight excluding hydrogens is 258 g/mol. The van der Waals surface area contributed by atoms with Crippen LogP contribution in [0.2, 0.25) is 5.02 Å². The summed E-state index contributed by atoms with van der Waals surface area (Å²) in [5.74, 6) is -1.81. The van der Waals surface area contributed by atoms with Gasteiger partial charge in [-0.15, -0.1) is 0 Å². The summed E-state index contributed by atoms with van der Waals surface area (Å²) in [7, 11) is 1.48. The van der Waals surface area contributed by atoms with E-state index in [1.54, 1.807) is 18.2 Å². The monoisotopic (exact) mass is 269 g/mol. The second kappa shape index (κ2) is 4.86. The molecular formula is C12H12ClNO4. The molecule has 1 fully saturated rings. The van der Waals surface area contributed by atoms with E-state index in [1.807, 2.05) is 0 Å². The van der Waals surface area contributed by atoms with Crippen LogP contribution in [0, 0.1) is 11.8 Å². The van der Waals surface area contributed by atoms with Crippen LogP contribution in [0.15, 0.2) is 18.2 Å². The highest BCUT2D eigenvalue weighted by Crippen LogP contribution is 2.40. The van der Waals surface area contributed by atoms with E-state index in [9.17, 15) is 9.59 Å². The lowest BCUT2D eigenvalue weighted by Gasteiger charge is -2.10. The fourth-order valence-corrected chi connectivity index (χ4v) is 1.93. The van der Waals surface area contributed by atoms with Crippen LogP contribution in [0.5, 0.6) is 5.75 Å². The van der Waals surface area contributed by atoms with Crippen molar-refractivity contribution in [3.8, 4) is 5.75 Å². The van der Waals surface area contributed by atoms with Crippen molar-refractivity contribution in [3.05, 3.63) is 23.2 Å². The zero-order valence-corrected chi connectivity index (χ0v) is 10.4. The Bertz CT molecular complexity index is 503. The lowest BCUT2D eigenvalue weighted by atomic mass is 10.2. The lowest BCUT2D eigenvalue weighted by molar-refractivity contribution is -0.139. The van der Waals surface area contributed by atoms with E-state index in [0.29, 0.717) is 22.9 Å². The number of halogens is 1. The van der Waals surface area contributed by atoms with Gasteiger partial charge in [0, 0.05) is 5.02 Å². The number of carbonyl (C=O) groups excluding carboxylic acids is 1. The molecule has 0 saturated heterocycles. The van der Waals surface area contributed by atoms with Crippen LogP contribution in [-0.4, -0.2) is 24.1 Å². The Labute approximate surface area is 109 Å². The number of ether oxygens (including phenoxy) is 1. The molecule has 1 aromatic rings. The summed E-state index contributed by atoms with van der Waals surface area (Å²) in [4.78, 5) is 22.5. The first-order valence-corrected chi connectivity index (χ1v) is 5.78. The van der Waals surface area contributed by atoms with Crippen molar-refractivity contribution in [2.45, 2.75) is 6.42 Å². The molecule has 96 valence electrons. The van der Waals surface area contributed by atoms with Gasteiger partial charge in [-0.3, -0.25) is 9.59 Å². The molecule has 0 radical (unpaired) electrons. The summed E-state index contributed by atoms with van der Waals surface area (Å²) in [5.41, 5.74) is 0.450. The largest absolute Gasteiger partial charge is 0.495 e. The van der Waals surface area contributed by atoms with Crippen molar-refractivity contribution < 1.29 is 19.4 Å². The molecule has 0 heterocycles. The van der Waals surface area contributed by atoms with Crippen LogP contribution in [-0.2, 0) is 9.59 Å². The molecule has 1 saturated carbocycles. The Kier molecular flexibility index (Phi) is 3.43. The Hall–Kier alpha value is -1.75. The van der Waals surface area contributed by atoms with Crippen molar-refractivity contribution in [3.63, 3.8) is 0 Å². The normalized spacial score (nSPS) is 21.2. The minimum Gasteiger partial charge on any atom is -0.495 e. The fourth-order valence-electron chi connectivity index (χ4n) is 1.76. The third-order valence-corrected chi connectivity index (χ3v) is 3.10. The first-order valence-electron chi connectivity index (χ1n) is 5.40. The van der Waals surface area contributed by atoms with Crippen LogP contribution in [0.4, 0.5) is 5.69 Å². The van der Waals surface area contributed by atoms with E-state index in [4.69, 9.17) is 21.4 Å². The summed E-state index contributed by atoms with van der Waals surface area (Å²) < 4.78 is 5.09. The maximum absolute atomic E-state index is 11.8. The number of amides is 1. The molecule has 6 heteroatoms. The van der Waals surface area contributed by atoms with E-state index < -0.39 is 17.8 Å². The molecule has 18 heavy (non-hydrogen) atoms. The van der Waals surface area contributed by atoms with E-state index in [2.05, 4.69) is 5.32 Å². The first kappa shape index (κ1) is 12.7. The zero-order chi connectivity index (χ0) is 13.3. The first-order chi connectivity index (χ1) is 8.52. The van der Waals surface area contributed by atoms with Gasteiger partial charge in [-0.2, -0.15) is 0 Å². The van der Waals surface area contributed by atoms with Crippen molar-refractivity contribution in [2.24, 2.45) is 11.8 Å². The molecule has 0 aromatic heterocycles. The van der Waals surface area contributed by atoms with Gasteiger partial charge >= 0.3 is 5.97 Å². The number of nitrogens with one attached hydrogen (secondary N) is 1. The number of carboxylic acid groups (broad SMARTS) is 1. The zero-order valence-electron chi connectivity index (χ0n) is 9.64. The summed E-state index contributed by atoms with van der Waals surface area (Å²) in [6.45, 7) is 0. The molecule has 2 N–H and O–H groups in total. The summed E-state index contributed by atoms with van der Waals surface area (Å²) in [5, 5.41) is 11.9. The Morgan fingerprint density at radius 1 is 1.44 bits per heavy atom. The van der Waals surface area contributed by atoms with Crippen LogP contribution < -0.4 is 10.1 Å². The third kappa shape index (κ3) is 2.56. The number of hydrogen-bond acceptors (Lipinski definition) is 3. The molecule has 0 spiro atoms. The van der Waals surface area contributed by atoms with E-state index in [-0.39, 0.29) is 5.91 Å². The highest BCUT2D eigenvalue weighted by atomic mass is 35.5. The number of benzene rings is 1. The molecule has 0 aliphatic heterocycles. The van der Waals surface area contributed by atoms with Crippen molar-refractivity contribution in [1.29, 1.82) is 0 Å². The quantitative estimate of drug-likeness (QED) is 0.877. The number of anilines is 1. The van der Waals surface area contributed by atoms with Crippen LogP contribution >= 0.6 is 11.6 Å². The molecule has 1 aliphatic rings. The predicted octanol–water partition coefficient (Wildman–Crippen LogP) is 2.01. The van der Waals surface area contributed by atoms with Gasteiger partial charge in [0.25, 0.3) is 0 Å². The molecule has 2 atom stereocenters. The van der Waals surface area contributed by atoms with Gasteiger partial charge in [0.1, 0.15) is 5.75 Å². The highest BCUT2D eigenvalue weighted by Gasteiger charge is 2.48. The maximum Gasteiger partial charge on any atom is 0.307 e. The molecule has 0 unspecified atom stereocenters. The summed E-state index contributed by atoms with van der Waals surface area (Å²) in [6, 6.07) is 4.85. The van der Waals surface area contributed by atoms with E-state index >= 15 is 0 Å². The molecule has 0 bridgehead atoms. The number of rotatable bonds is 4. The Morgan fingerprint density at radius 2 is 2.17 bits per heavy atom. The second-order valence-electron chi connectivity index (χ2n) is 4.12. The van der Waals surface area contributed by atoms with Gasteiger partial charge in [-0.05, 0) is 24.6 Å². The minimum atomic E-state index is -0.937. The highest BCUT2D eigenvalue weighted by molar-refractivity contribution is 6.31. The van der Waals surface area contributed by atoms with Gasteiger partial charge in [0.2, 0.25) is 5.91 Å². The van der Waals surface area contributed by atoms with Gasteiger partial charge < -0.3 is 15.2 Å². The Morgan fingerprint density at radius 3 is 2.72 bits per heavy atom. The molecule has 2 rings (SSSR count). The van der Waals surface area contributed by atoms with Crippen molar-refractivity contribution in [1.82, 2.24) is 0 Å². The SMILES string of the molecule is COc1ccc(Cl)cc1NC(=O)[C@@H]1C[C@@H]1C(=O)O. The topological polar surface area (TPSA) is 75.6 Å². The molecule has 1 amide bonds. The number of hydrogen-bond donors (Lipinski definition) is 2. The van der Waals surface area contributed by atoms with Gasteiger partial charge in [0.15, 0.2) is 0 Å². The lowest BCUT2D eigenvalue weighted by Crippen LogP contribution is -2.17. The number of carbonyl (C=O) groups is 2. The van der Waals surface area contributed by atoms with Gasteiger partial charge in [0.05, 0.1) is 24.6 Å². The van der Waals surface area contributed by atoms with Crippen LogP contribution in [0.25, 0.3) is 0 Å². The Balaban J connectivity index is 2.08. The summed E-state index contributed by atoms with van der Waals surface area (Å²) in [6.07, 6.45) is 0.379. The van der Waals surface area contributed by atoms with Crippen LogP contribution in [0.3, 0.4) is 0 Å². The average Bonchev–Trinajstić information content (AvgIpc) is 3.09. The number of aliphatic carboxylic acids is 1. The van der Waals surface area contributed by atoms with Crippen molar-refractivity contribution in [2.75, 3.05) is 12.4 Å². The molecule has 1 aliphatic carbocycles. The van der Waals surface area contributed by atoms with Crippen molar-refractivity contribution >= 4 is 29.2 Å². The fraction of sp³-hybridized carbons (Fsp3) is 0.333. The summed E-state index contributed by atoms with van der Waals surface area (Å²) >= 11 is 5.83. The van der Waals surface area contributed by atoms with E-state index in [0.717, 1.165) is 0 Å². The van der Waals surface area contributed by atoms with Gasteiger partial charge in [-0.1, -0.05) is 11.6 Å². The predicted molar refractivity (Wildman–Crippen MR) is 65.9 cm³/mol. The van der Waals surface area contributed by atoms with E-state index in [1.165, 1.54) is 7.11 Å². The third-order valence-electron chi connectivity index (χ3n) is 2.86. The number of methoxy groups -OCH3 is 1. The van der Waals surface area contributed by atoms with Crippen LogP contribution in [0.1, 0.15) is 6.42 Å².